The van der Waals surface area contributed by atoms with Crippen LogP contribution in [0.5, 0.6) is 17.2 Å². The molecular formula is C34H36N4O5. The third kappa shape index (κ3) is 7.57. The van der Waals surface area contributed by atoms with Gasteiger partial charge in [0.25, 0.3) is 11.8 Å². The number of pyridine rings is 1. The second-order valence-electron chi connectivity index (χ2n) is 10.7. The van der Waals surface area contributed by atoms with Gasteiger partial charge in [-0.2, -0.15) is 0 Å². The largest absolute Gasteiger partial charge is 0.486 e. The zero-order chi connectivity index (χ0) is 30.2. The van der Waals surface area contributed by atoms with Gasteiger partial charge in [-0.05, 0) is 68.1 Å². The molecule has 1 aromatic heterocycles. The number of anilines is 1. The Morgan fingerprint density at radius 2 is 1.77 bits per heavy atom. The van der Waals surface area contributed by atoms with Gasteiger partial charge in [-0.15, -0.1) is 0 Å². The predicted octanol–water partition coefficient (Wildman–Crippen LogP) is 5.23. The van der Waals surface area contributed by atoms with E-state index in [4.69, 9.17) is 9.47 Å². The Morgan fingerprint density at radius 1 is 1.05 bits per heavy atom. The zero-order valence-corrected chi connectivity index (χ0v) is 24.3. The molecule has 2 heterocycles. The molecule has 0 spiro atoms. The summed E-state index contributed by atoms with van der Waals surface area (Å²) in [7, 11) is 2.02. The van der Waals surface area contributed by atoms with Crippen LogP contribution < -0.4 is 14.8 Å². The number of carbonyl (C=O) groups excluding carboxylic acids is 2. The number of aliphatic hydroxyl groups is 1. The molecule has 0 radical (unpaired) electrons. The van der Waals surface area contributed by atoms with E-state index in [0.717, 1.165) is 17.1 Å². The van der Waals surface area contributed by atoms with Crippen molar-refractivity contribution in [2.75, 3.05) is 32.1 Å². The molecule has 43 heavy (non-hydrogen) atoms. The van der Waals surface area contributed by atoms with E-state index in [2.05, 4.69) is 15.2 Å². The van der Waals surface area contributed by atoms with Crippen LogP contribution in [0.2, 0.25) is 0 Å². The van der Waals surface area contributed by atoms with E-state index in [-0.39, 0.29) is 30.6 Å². The lowest BCUT2D eigenvalue weighted by Crippen LogP contribution is -2.46. The lowest BCUT2D eigenvalue weighted by molar-refractivity contribution is 0.0503. The lowest BCUT2D eigenvalue weighted by Gasteiger charge is -2.35. The van der Waals surface area contributed by atoms with E-state index in [1.807, 2.05) is 68.6 Å². The lowest BCUT2D eigenvalue weighted by atomic mass is 10.1. The maximum atomic E-state index is 13.6. The first-order chi connectivity index (χ1) is 20.9. The third-order valence-electron chi connectivity index (χ3n) is 7.34. The first-order valence-corrected chi connectivity index (χ1v) is 14.3. The zero-order valence-electron chi connectivity index (χ0n) is 24.3. The Labute approximate surface area is 251 Å². The Hall–Kier alpha value is -4.73. The van der Waals surface area contributed by atoms with E-state index < -0.39 is 0 Å². The number of nitrogens with zero attached hydrogens (tertiary/aromatic N) is 3. The van der Waals surface area contributed by atoms with Crippen molar-refractivity contribution in [2.45, 2.75) is 32.0 Å². The Morgan fingerprint density at radius 3 is 2.49 bits per heavy atom. The summed E-state index contributed by atoms with van der Waals surface area (Å²) in [5.41, 5.74) is 2.31. The highest BCUT2D eigenvalue weighted by atomic mass is 16.5. The van der Waals surface area contributed by atoms with Gasteiger partial charge in [0.1, 0.15) is 17.6 Å². The molecule has 2 N–H and O–H groups in total. The summed E-state index contributed by atoms with van der Waals surface area (Å²) >= 11 is 0. The van der Waals surface area contributed by atoms with Crippen LogP contribution in [0.15, 0.2) is 97.3 Å². The average molecular weight is 581 g/mol. The van der Waals surface area contributed by atoms with Crippen LogP contribution in [0.4, 0.5) is 5.69 Å². The first kappa shape index (κ1) is 29.8. The Bertz CT molecular complexity index is 1520. The number of fused-ring (bicyclic) bond motifs is 1. The molecule has 4 aromatic rings. The monoisotopic (exact) mass is 580 g/mol. The Balaban J connectivity index is 1.33. The van der Waals surface area contributed by atoms with Crippen molar-refractivity contribution in [3.05, 3.63) is 114 Å². The van der Waals surface area contributed by atoms with E-state index in [9.17, 15) is 14.7 Å². The van der Waals surface area contributed by atoms with Crippen molar-refractivity contribution >= 4 is 17.5 Å². The minimum Gasteiger partial charge on any atom is -0.486 e. The van der Waals surface area contributed by atoms with Gasteiger partial charge in [0.15, 0.2) is 5.75 Å². The van der Waals surface area contributed by atoms with Crippen LogP contribution in [0, 0.1) is 0 Å². The fourth-order valence-electron chi connectivity index (χ4n) is 5.05. The van der Waals surface area contributed by atoms with E-state index >= 15 is 0 Å². The maximum Gasteiger partial charge on any atom is 0.258 e. The van der Waals surface area contributed by atoms with Crippen LogP contribution in [-0.4, -0.2) is 70.6 Å². The van der Waals surface area contributed by atoms with Gasteiger partial charge in [0.05, 0.1) is 23.9 Å². The highest BCUT2D eigenvalue weighted by Gasteiger charge is 2.31. The molecule has 9 heteroatoms. The highest BCUT2D eigenvalue weighted by molar-refractivity contribution is 6.07. The molecule has 222 valence electrons. The van der Waals surface area contributed by atoms with Gasteiger partial charge in [-0.3, -0.25) is 19.5 Å². The van der Waals surface area contributed by atoms with Gasteiger partial charge in [0.2, 0.25) is 0 Å². The van der Waals surface area contributed by atoms with Crippen molar-refractivity contribution in [3.63, 3.8) is 0 Å². The van der Waals surface area contributed by atoms with Gasteiger partial charge < -0.3 is 24.8 Å². The van der Waals surface area contributed by atoms with Crippen molar-refractivity contribution in [1.29, 1.82) is 0 Å². The molecule has 1 aliphatic heterocycles. The SMILES string of the molecule is C[C@@H](CO)N1CC[C@H](CN(C)Cc2ccc(Oc3ccccc3)cc2)Oc2c(NC(=O)c3ccncc3)cccc2C1=O. The number of hydrogen-bond donors (Lipinski definition) is 2. The number of para-hydroxylation sites is 2. The molecular weight excluding hydrogens is 544 g/mol. The first-order valence-electron chi connectivity index (χ1n) is 14.3. The second-order valence-corrected chi connectivity index (χ2v) is 10.7. The summed E-state index contributed by atoms with van der Waals surface area (Å²) in [5.74, 6) is 1.30. The highest BCUT2D eigenvalue weighted by Crippen LogP contribution is 2.34. The molecule has 2 amide bonds. The van der Waals surface area contributed by atoms with E-state index in [1.54, 1.807) is 47.6 Å². The van der Waals surface area contributed by atoms with Crippen LogP contribution in [0.25, 0.3) is 0 Å². The normalized spacial score (nSPS) is 15.6. The number of likely N-dealkylation sites (N-methyl/N-ethyl adjacent to an activating group) is 1. The second kappa shape index (κ2) is 14.0. The number of aromatic nitrogens is 1. The summed E-state index contributed by atoms with van der Waals surface area (Å²) in [6.07, 6.45) is 3.36. The van der Waals surface area contributed by atoms with Crippen molar-refractivity contribution < 1.29 is 24.2 Å². The number of amides is 2. The van der Waals surface area contributed by atoms with Gasteiger partial charge in [-0.25, -0.2) is 0 Å². The summed E-state index contributed by atoms with van der Waals surface area (Å²) in [4.78, 5) is 34.4. The van der Waals surface area contributed by atoms with Gasteiger partial charge in [-0.1, -0.05) is 36.4 Å². The maximum absolute atomic E-state index is 13.6. The third-order valence-corrected chi connectivity index (χ3v) is 7.34. The van der Waals surface area contributed by atoms with Crippen molar-refractivity contribution in [3.8, 4) is 17.2 Å². The molecule has 0 aliphatic carbocycles. The molecule has 2 atom stereocenters. The number of ether oxygens (including phenoxy) is 2. The molecule has 0 bridgehead atoms. The van der Waals surface area contributed by atoms with Crippen molar-refractivity contribution in [2.24, 2.45) is 0 Å². The predicted molar refractivity (Wildman–Crippen MR) is 165 cm³/mol. The van der Waals surface area contributed by atoms with Gasteiger partial charge >= 0.3 is 0 Å². The standard InChI is InChI=1S/C34H36N4O5/c1-24(23-39)38-20-17-29(22-37(2)21-25-11-13-28(14-12-25)42-27-7-4-3-5-8-27)43-32-30(34(38)41)9-6-10-31(32)36-33(40)26-15-18-35-19-16-26/h3-16,18-19,24,29,39H,17,20-23H2,1-2H3,(H,36,40)/t24-,29+/m0/s1. The summed E-state index contributed by atoms with van der Waals surface area (Å²) in [6, 6.07) is 25.7. The Kier molecular flexibility index (Phi) is 9.66. The number of benzene rings is 3. The minimum absolute atomic E-state index is 0.158. The molecule has 0 saturated heterocycles. The minimum atomic E-state index is -0.372. The summed E-state index contributed by atoms with van der Waals surface area (Å²) < 4.78 is 12.4. The van der Waals surface area contributed by atoms with Gasteiger partial charge in [0, 0.05) is 44.0 Å². The topological polar surface area (TPSA) is 104 Å². The number of carbonyl (C=O) groups is 2. The van der Waals surface area contributed by atoms with Crippen LogP contribution >= 0.6 is 0 Å². The molecule has 0 fully saturated rings. The number of nitrogens with one attached hydrogen (secondary N) is 1. The summed E-state index contributed by atoms with van der Waals surface area (Å²) in [5, 5.41) is 12.8. The quantitative estimate of drug-likeness (QED) is 0.265. The molecule has 1 aliphatic rings. The van der Waals surface area contributed by atoms with Crippen molar-refractivity contribution in [1.82, 2.24) is 14.8 Å². The summed E-state index contributed by atoms with van der Waals surface area (Å²) in [6.45, 7) is 3.34. The number of aliphatic hydroxyl groups excluding tert-OH is 1. The average Bonchev–Trinajstić information content (AvgIpc) is 3.02. The van der Waals surface area contributed by atoms with Crippen LogP contribution in [-0.2, 0) is 6.54 Å². The molecule has 9 nitrogen and oxygen atoms in total. The number of hydrogen-bond acceptors (Lipinski definition) is 7. The molecule has 3 aromatic carbocycles. The smallest absolute Gasteiger partial charge is 0.258 e. The molecule has 0 unspecified atom stereocenters. The molecule has 5 rings (SSSR count). The van der Waals surface area contributed by atoms with Crippen LogP contribution in [0.1, 0.15) is 39.6 Å². The molecule has 0 saturated carbocycles. The fourth-order valence-corrected chi connectivity index (χ4v) is 5.05. The van der Waals surface area contributed by atoms with Crippen LogP contribution in [0.3, 0.4) is 0 Å². The number of rotatable bonds is 10. The van der Waals surface area contributed by atoms with E-state index in [1.165, 1.54) is 0 Å². The fraction of sp³-hybridized carbons (Fsp3) is 0.265. The van der Waals surface area contributed by atoms with E-state index in [0.29, 0.717) is 48.6 Å².